The van der Waals surface area contributed by atoms with Crippen molar-refractivity contribution in [2.75, 3.05) is 19.7 Å². The number of aromatic nitrogens is 2. The molecule has 1 aromatic carbocycles. The second kappa shape index (κ2) is 17.0. The van der Waals surface area contributed by atoms with Crippen LogP contribution in [-0.4, -0.2) is 91.2 Å². The van der Waals surface area contributed by atoms with Gasteiger partial charge < -0.3 is 47.6 Å². The summed E-state index contributed by atoms with van der Waals surface area (Å²) in [6, 6.07) is 4.10. The molecule has 0 fully saturated rings. The fourth-order valence-corrected chi connectivity index (χ4v) is 4.89. The van der Waals surface area contributed by atoms with E-state index in [9.17, 15) is 37.6 Å². The van der Waals surface area contributed by atoms with E-state index in [1.807, 2.05) is 5.32 Å². The molecule has 20 nitrogen and oxygen atoms in total. The van der Waals surface area contributed by atoms with Crippen LogP contribution in [0.1, 0.15) is 32.1 Å². The van der Waals surface area contributed by atoms with E-state index in [-0.39, 0.29) is 54.6 Å². The number of aliphatic carboxylic acids is 2. The highest BCUT2D eigenvalue weighted by molar-refractivity contribution is 7.91. The van der Waals surface area contributed by atoms with Crippen molar-refractivity contribution < 1.29 is 56.9 Å². The van der Waals surface area contributed by atoms with Crippen LogP contribution >= 0.6 is 0 Å². The first-order chi connectivity index (χ1) is 21.2. The largest absolute Gasteiger partial charge is 0.481 e. The fraction of sp³-hybridized carbons (Fsp3) is 0.417. The Morgan fingerprint density at radius 2 is 1.71 bits per heavy atom. The molecule has 0 saturated heterocycles. The van der Waals surface area contributed by atoms with Gasteiger partial charge in [-0.3, -0.25) is 28.8 Å². The second-order valence-corrected chi connectivity index (χ2v) is 11.0. The Hall–Kier alpha value is -5.47. The zero-order valence-corrected chi connectivity index (χ0v) is 24.4. The molecule has 9 N–H and O–H groups in total. The molecule has 1 aromatic heterocycles. The van der Waals surface area contributed by atoms with Gasteiger partial charge in [0.15, 0.2) is 5.96 Å². The number of aliphatic imine (C=N–C) groups is 1. The number of carboxylic acid groups (broad SMARTS) is 2. The first kappa shape index (κ1) is 35.7. The number of benzene rings is 1. The molecule has 0 saturated carbocycles. The molecule has 2 atom stereocenters. The first-order valence-corrected chi connectivity index (χ1v) is 14.6. The normalized spacial score (nSPS) is 12.3. The maximum absolute atomic E-state index is 12.8. The van der Waals surface area contributed by atoms with Gasteiger partial charge in [-0.1, -0.05) is 18.2 Å². The first-order valence-electron chi connectivity index (χ1n) is 13.1. The molecule has 0 bridgehead atoms. The Bertz CT molecular complexity index is 1490. The van der Waals surface area contributed by atoms with E-state index < -0.39 is 75.5 Å². The summed E-state index contributed by atoms with van der Waals surface area (Å²) in [5, 5.41) is 38.9. The Labute approximate surface area is 255 Å². The van der Waals surface area contributed by atoms with Crippen LogP contribution in [0.15, 0.2) is 49.9 Å². The molecule has 21 heteroatoms. The van der Waals surface area contributed by atoms with Gasteiger partial charge in [0, 0.05) is 13.0 Å². The van der Waals surface area contributed by atoms with Gasteiger partial charge in [-0.25, -0.2) is 13.2 Å². The Balaban J connectivity index is 1.96. The lowest BCUT2D eigenvalue weighted by Gasteiger charge is -2.19. The molecular formula is C24H32N8O12S. The number of hydrogen-bond donors (Lipinski definition) is 7. The van der Waals surface area contributed by atoms with Gasteiger partial charge in [-0.15, -0.1) is 0 Å². The predicted molar refractivity (Wildman–Crippen MR) is 149 cm³/mol. The van der Waals surface area contributed by atoms with Crippen LogP contribution in [0.25, 0.3) is 0 Å². The number of carboxylic acids is 2. The molecule has 0 aliphatic heterocycles. The third-order valence-corrected chi connectivity index (χ3v) is 7.40. The van der Waals surface area contributed by atoms with Crippen molar-refractivity contribution in [1.29, 1.82) is 0 Å². The Kier molecular flexibility index (Phi) is 13.5. The highest BCUT2D eigenvalue weighted by atomic mass is 32.2. The van der Waals surface area contributed by atoms with Gasteiger partial charge in [0.2, 0.25) is 17.7 Å². The number of nitrogens with one attached hydrogen (secondary N) is 3. The quantitative estimate of drug-likeness (QED) is 0.0343. The molecule has 0 aliphatic carbocycles. The third-order valence-electron chi connectivity index (χ3n) is 5.67. The SMILES string of the molecule is NC(N)=NCCC[C@H](NC(=O)CCCOc1no[n+]([O-])c1S(=O)(=O)c1ccccc1)C(=O)NCC(=O)N[C@@H](CC(=O)O)C(=O)O. The van der Waals surface area contributed by atoms with Crippen molar-refractivity contribution in [1.82, 2.24) is 21.1 Å². The number of guanidine groups is 1. The number of nitrogens with zero attached hydrogens (tertiary/aromatic N) is 3. The molecule has 45 heavy (non-hydrogen) atoms. The number of carbonyl (C=O) groups is 5. The fourth-order valence-electron chi connectivity index (χ4n) is 3.59. The minimum Gasteiger partial charge on any atom is -0.481 e. The second-order valence-electron chi connectivity index (χ2n) is 9.15. The highest BCUT2D eigenvalue weighted by Gasteiger charge is 2.35. The van der Waals surface area contributed by atoms with Crippen LogP contribution in [0.2, 0.25) is 0 Å². The number of rotatable bonds is 19. The van der Waals surface area contributed by atoms with Crippen LogP contribution < -0.4 is 37.1 Å². The summed E-state index contributed by atoms with van der Waals surface area (Å²) in [7, 11) is -4.34. The van der Waals surface area contributed by atoms with Crippen LogP contribution in [0.5, 0.6) is 5.88 Å². The summed E-state index contributed by atoms with van der Waals surface area (Å²) in [6.07, 6.45) is -0.894. The number of amides is 3. The summed E-state index contributed by atoms with van der Waals surface area (Å²) in [6.45, 7) is -0.890. The van der Waals surface area contributed by atoms with E-state index in [2.05, 4.69) is 25.4 Å². The average molecular weight is 657 g/mol. The third kappa shape index (κ3) is 11.6. The van der Waals surface area contributed by atoms with Gasteiger partial charge in [-0.05, 0) is 36.3 Å². The van der Waals surface area contributed by atoms with Crippen LogP contribution in [-0.2, 0) is 33.8 Å². The van der Waals surface area contributed by atoms with Crippen LogP contribution in [0.4, 0.5) is 0 Å². The molecule has 2 aromatic rings. The summed E-state index contributed by atoms with van der Waals surface area (Å²) in [4.78, 5) is 62.6. The molecule has 246 valence electrons. The Morgan fingerprint density at radius 1 is 1.04 bits per heavy atom. The topological polar surface area (TPSA) is 323 Å². The van der Waals surface area contributed by atoms with E-state index in [4.69, 9.17) is 26.4 Å². The summed E-state index contributed by atoms with van der Waals surface area (Å²) in [5.74, 6) is -6.31. The van der Waals surface area contributed by atoms with Gasteiger partial charge in [0.1, 0.15) is 12.1 Å². The van der Waals surface area contributed by atoms with Crippen molar-refractivity contribution >= 4 is 45.5 Å². The summed E-state index contributed by atoms with van der Waals surface area (Å²) >= 11 is 0. The van der Waals surface area contributed by atoms with Gasteiger partial charge in [-0.2, -0.15) is 0 Å². The van der Waals surface area contributed by atoms with Gasteiger partial charge >= 0.3 is 22.8 Å². The molecule has 0 radical (unpaired) electrons. The number of hydrogen-bond acceptors (Lipinski definition) is 12. The van der Waals surface area contributed by atoms with E-state index >= 15 is 0 Å². The average Bonchev–Trinajstić information content (AvgIpc) is 3.36. The minimum absolute atomic E-state index is 0.0202. The van der Waals surface area contributed by atoms with Gasteiger partial charge in [0.25, 0.3) is 9.84 Å². The molecular weight excluding hydrogens is 624 g/mol. The molecule has 2 rings (SSSR count). The van der Waals surface area contributed by atoms with E-state index in [0.29, 0.717) is 0 Å². The summed E-state index contributed by atoms with van der Waals surface area (Å²) < 4.78 is 35.3. The van der Waals surface area contributed by atoms with E-state index in [1.165, 1.54) is 24.3 Å². The minimum atomic E-state index is -4.34. The lowest BCUT2D eigenvalue weighted by Crippen LogP contribution is -2.51. The number of nitrogens with two attached hydrogens (primary N) is 2. The standard InChI is InChI=1S/C24H32N8O12S/c25-24(26)27-10-4-8-15(20(37)28-13-18(34)30-16(23(38)39)12-19(35)36)29-17(33)9-5-11-43-21-22(32(40)44-31-21)45(41,42)14-6-2-1-3-7-14/h1-3,6-7,15-16H,4-5,8-13H2,(H,28,37)(H,29,33)(H,30,34)(H,35,36)(H,38,39)(H4,25,26,27)/t15-,16-/m0/s1. The van der Waals surface area contributed by atoms with Crippen molar-refractivity contribution in [3.05, 3.63) is 35.5 Å². The molecule has 0 aliphatic rings. The lowest BCUT2D eigenvalue weighted by molar-refractivity contribution is -0.832. The van der Waals surface area contributed by atoms with Crippen molar-refractivity contribution in [2.45, 2.75) is 54.1 Å². The van der Waals surface area contributed by atoms with Crippen LogP contribution in [0.3, 0.4) is 0 Å². The van der Waals surface area contributed by atoms with E-state index in [1.54, 1.807) is 6.07 Å². The summed E-state index contributed by atoms with van der Waals surface area (Å²) in [5.41, 5.74) is 10.6. The smallest absolute Gasteiger partial charge is 0.414 e. The molecule has 3 amide bonds. The monoisotopic (exact) mass is 656 g/mol. The van der Waals surface area contributed by atoms with Crippen LogP contribution in [0, 0.1) is 5.21 Å². The zero-order chi connectivity index (χ0) is 33.6. The molecule has 0 spiro atoms. The maximum Gasteiger partial charge on any atom is 0.414 e. The number of sulfone groups is 1. The maximum atomic E-state index is 12.8. The highest BCUT2D eigenvalue weighted by Crippen LogP contribution is 2.25. The Morgan fingerprint density at radius 3 is 2.33 bits per heavy atom. The van der Waals surface area contributed by atoms with Crippen molar-refractivity contribution in [3.8, 4) is 5.88 Å². The van der Waals surface area contributed by atoms with Crippen molar-refractivity contribution in [2.24, 2.45) is 16.5 Å². The van der Waals surface area contributed by atoms with E-state index in [0.717, 1.165) is 0 Å². The number of carbonyl (C=O) groups excluding carboxylic acids is 3. The zero-order valence-electron chi connectivity index (χ0n) is 23.6. The van der Waals surface area contributed by atoms with Gasteiger partial charge in [0.05, 0.1) is 29.6 Å². The van der Waals surface area contributed by atoms with Crippen molar-refractivity contribution in [3.63, 3.8) is 0 Å². The lowest BCUT2D eigenvalue weighted by atomic mass is 10.1. The molecule has 1 heterocycles. The number of ether oxygens (including phenoxy) is 1. The molecule has 0 unspecified atom stereocenters. The predicted octanol–water partition coefficient (Wildman–Crippen LogP) is -3.00.